The summed E-state index contributed by atoms with van der Waals surface area (Å²) in [5, 5.41) is 16.0. The van der Waals surface area contributed by atoms with Crippen molar-refractivity contribution in [2.24, 2.45) is 0 Å². The summed E-state index contributed by atoms with van der Waals surface area (Å²) >= 11 is 0. The molecule has 5 aromatic rings. The first-order chi connectivity index (χ1) is 19.0. The standard InChI is InChI=1S/C30H26N2O3.HNO3/c1-2-6-23(7-3-1)25-11-14-28(15-12-25)33-19-29-20-34-30(35-29,21-32-17-16-31-22-32)27-13-10-24-8-4-5-9-26(24)18-27;2-1(3)4/h1-18,22,29H,19-21H2;(H,2,3,4)/t29-,30+;/m0./s1. The van der Waals surface area contributed by atoms with Gasteiger partial charge in [0, 0.05) is 18.0 Å². The number of rotatable bonds is 7. The van der Waals surface area contributed by atoms with Crippen LogP contribution in [0.25, 0.3) is 21.9 Å². The molecule has 4 aromatic carbocycles. The average molecular weight is 526 g/mol. The molecule has 9 heteroatoms. The van der Waals surface area contributed by atoms with Crippen molar-refractivity contribution in [1.82, 2.24) is 9.55 Å². The lowest BCUT2D eigenvalue weighted by Gasteiger charge is -2.29. The van der Waals surface area contributed by atoms with Crippen molar-refractivity contribution >= 4 is 10.8 Å². The molecule has 6 rings (SSSR count). The smallest absolute Gasteiger partial charge is 0.291 e. The molecule has 0 amide bonds. The minimum atomic E-state index is -1.50. The van der Waals surface area contributed by atoms with Gasteiger partial charge in [0.05, 0.1) is 19.5 Å². The number of hydrogen-bond donors (Lipinski definition) is 1. The second-order valence-corrected chi connectivity index (χ2v) is 9.04. The van der Waals surface area contributed by atoms with Crippen LogP contribution in [-0.4, -0.2) is 39.2 Å². The molecule has 1 N–H and O–H groups in total. The fourth-order valence-corrected chi connectivity index (χ4v) is 4.58. The van der Waals surface area contributed by atoms with Gasteiger partial charge in [0.1, 0.15) is 18.5 Å². The number of aromatic nitrogens is 2. The van der Waals surface area contributed by atoms with Crippen LogP contribution in [0.2, 0.25) is 0 Å². The highest BCUT2D eigenvalue weighted by atomic mass is 16.9. The number of nitrogens with zero attached hydrogens (tertiary/aromatic N) is 3. The van der Waals surface area contributed by atoms with Gasteiger partial charge in [-0.05, 0) is 40.1 Å². The van der Waals surface area contributed by atoms with E-state index in [1.165, 1.54) is 10.9 Å². The lowest BCUT2D eigenvalue weighted by Crippen LogP contribution is -2.34. The van der Waals surface area contributed by atoms with E-state index in [1.54, 1.807) is 12.5 Å². The van der Waals surface area contributed by atoms with Gasteiger partial charge < -0.3 is 24.0 Å². The van der Waals surface area contributed by atoms with Gasteiger partial charge in [0.2, 0.25) is 5.79 Å². The average Bonchev–Trinajstić information content (AvgIpc) is 3.63. The molecular formula is C30H27N3O6. The van der Waals surface area contributed by atoms with Crippen LogP contribution in [0, 0.1) is 10.1 Å². The van der Waals surface area contributed by atoms with Gasteiger partial charge in [0.15, 0.2) is 0 Å². The highest BCUT2D eigenvalue weighted by Gasteiger charge is 2.44. The third kappa shape index (κ3) is 6.40. The first-order valence-electron chi connectivity index (χ1n) is 12.4. The Morgan fingerprint density at radius 1 is 0.974 bits per heavy atom. The molecular weight excluding hydrogens is 498 g/mol. The van der Waals surface area contributed by atoms with E-state index in [4.69, 9.17) is 29.5 Å². The van der Waals surface area contributed by atoms with Crippen LogP contribution in [0.3, 0.4) is 0 Å². The summed E-state index contributed by atoms with van der Waals surface area (Å²) in [6.45, 7) is 1.36. The molecule has 0 spiro atoms. The minimum Gasteiger partial charge on any atom is -0.491 e. The molecule has 0 unspecified atom stereocenters. The fourth-order valence-electron chi connectivity index (χ4n) is 4.58. The van der Waals surface area contributed by atoms with Gasteiger partial charge in [-0.2, -0.15) is 0 Å². The summed E-state index contributed by atoms with van der Waals surface area (Å²) in [5.41, 5.74) is 3.33. The topological polar surface area (TPSA) is 109 Å². The first-order valence-corrected chi connectivity index (χ1v) is 12.4. The fraction of sp³-hybridized carbons (Fsp3) is 0.167. The molecule has 1 fully saturated rings. The molecule has 0 aliphatic carbocycles. The summed E-state index contributed by atoms with van der Waals surface area (Å²) < 4.78 is 21.0. The molecule has 1 saturated heterocycles. The second kappa shape index (κ2) is 11.8. The molecule has 198 valence electrons. The highest BCUT2D eigenvalue weighted by molar-refractivity contribution is 5.83. The predicted octanol–water partition coefficient (Wildman–Crippen LogP) is 5.70. The van der Waals surface area contributed by atoms with Crippen LogP contribution < -0.4 is 4.74 Å². The molecule has 1 aromatic heterocycles. The maximum absolute atomic E-state index is 8.36. The minimum absolute atomic E-state index is 0.196. The van der Waals surface area contributed by atoms with Crippen molar-refractivity contribution in [1.29, 1.82) is 0 Å². The van der Waals surface area contributed by atoms with E-state index in [2.05, 4.69) is 59.6 Å². The predicted molar refractivity (Wildman–Crippen MR) is 145 cm³/mol. The molecule has 2 heterocycles. The van der Waals surface area contributed by atoms with Gasteiger partial charge in [-0.1, -0.05) is 78.9 Å². The second-order valence-electron chi connectivity index (χ2n) is 9.04. The molecule has 9 nitrogen and oxygen atoms in total. The zero-order chi connectivity index (χ0) is 27.1. The molecule has 1 aliphatic heterocycles. The van der Waals surface area contributed by atoms with E-state index in [-0.39, 0.29) is 6.10 Å². The zero-order valence-corrected chi connectivity index (χ0v) is 21.0. The molecule has 39 heavy (non-hydrogen) atoms. The maximum atomic E-state index is 8.36. The van der Waals surface area contributed by atoms with E-state index < -0.39 is 10.9 Å². The van der Waals surface area contributed by atoms with E-state index in [1.807, 2.05) is 53.2 Å². The van der Waals surface area contributed by atoms with E-state index in [9.17, 15) is 0 Å². The lowest BCUT2D eigenvalue weighted by molar-refractivity contribution is -0.742. The zero-order valence-electron chi connectivity index (χ0n) is 21.0. The monoisotopic (exact) mass is 525 g/mol. The molecule has 0 radical (unpaired) electrons. The van der Waals surface area contributed by atoms with E-state index in [0.29, 0.717) is 19.8 Å². The van der Waals surface area contributed by atoms with Gasteiger partial charge in [0.25, 0.3) is 5.09 Å². The summed E-state index contributed by atoms with van der Waals surface area (Å²) in [5.74, 6) is -0.0956. The Kier molecular flexibility index (Phi) is 7.81. The number of ether oxygens (including phenoxy) is 3. The Morgan fingerprint density at radius 2 is 1.67 bits per heavy atom. The third-order valence-corrected chi connectivity index (χ3v) is 6.40. The SMILES string of the molecule is O=[N+]([O-])O.c1ccc(-c2ccc(OC[C@H]3CO[C@@](Cn4ccnc4)(c4ccc5ccccc5c4)O3)cc2)cc1. The quantitative estimate of drug-likeness (QED) is 0.214. The highest BCUT2D eigenvalue weighted by Crippen LogP contribution is 2.37. The van der Waals surface area contributed by atoms with Gasteiger partial charge in [-0.3, -0.25) is 0 Å². The number of hydrogen-bond acceptors (Lipinski definition) is 6. The van der Waals surface area contributed by atoms with Crippen LogP contribution in [0.15, 0.2) is 116 Å². The number of fused-ring (bicyclic) bond motifs is 1. The summed E-state index contributed by atoms with van der Waals surface area (Å²) in [7, 11) is 0. The Balaban J connectivity index is 0.000000723. The Labute approximate surface area is 224 Å². The van der Waals surface area contributed by atoms with Crippen LogP contribution in [0.5, 0.6) is 5.75 Å². The molecule has 1 aliphatic rings. The van der Waals surface area contributed by atoms with Crippen molar-refractivity contribution in [2.75, 3.05) is 13.2 Å². The van der Waals surface area contributed by atoms with E-state index >= 15 is 0 Å². The van der Waals surface area contributed by atoms with Gasteiger partial charge in [-0.15, -0.1) is 10.1 Å². The van der Waals surface area contributed by atoms with Crippen molar-refractivity contribution in [3.63, 3.8) is 0 Å². The van der Waals surface area contributed by atoms with Gasteiger partial charge in [-0.25, -0.2) is 4.98 Å². The normalized spacial score (nSPS) is 18.3. The van der Waals surface area contributed by atoms with Gasteiger partial charge >= 0.3 is 0 Å². The van der Waals surface area contributed by atoms with Crippen molar-refractivity contribution in [3.05, 3.63) is 131 Å². The summed E-state index contributed by atoms with van der Waals surface area (Å²) in [6, 6.07) is 33.1. The van der Waals surface area contributed by atoms with Crippen LogP contribution in [0.4, 0.5) is 0 Å². The van der Waals surface area contributed by atoms with Crippen molar-refractivity contribution < 1.29 is 24.5 Å². The van der Waals surface area contributed by atoms with Crippen LogP contribution in [-0.2, 0) is 21.8 Å². The maximum Gasteiger partial charge on any atom is 0.291 e. The molecule has 2 atom stereocenters. The van der Waals surface area contributed by atoms with Crippen molar-refractivity contribution in [2.45, 2.75) is 18.4 Å². The third-order valence-electron chi connectivity index (χ3n) is 6.40. The van der Waals surface area contributed by atoms with Crippen LogP contribution in [0.1, 0.15) is 5.56 Å². The Bertz CT molecular complexity index is 1510. The number of benzene rings is 4. The Morgan fingerprint density at radius 3 is 2.38 bits per heavy atom. The lowest BCUT2D eigenvalue weighted by atomic mass is 10.0. The van der Waals surface area contributed by atoms with E-state index in [0.717, 1.165) is 22.3 Å². The summed E-state index contributed by atoms with van der Waals surface area (Å²) in [6.07, 6.45) is 5.28. The van der Waals surface area contributed by atoms with Crippen molar-refractivity contribution in [3.8, 4) is 16.9 Å². The number of imidazole rings is 1. The first kappa shape index (κ1) is 25.9. The Hall–Kier alpha value is -4.73. The largest absolute Gasteiger partial charge is 0.491 e. The molecule has 0 saturated carbocycles. The summed E-state index contributed by atoms with van der Waals surface area (Å²) in [4.78, 5) is 12.6. The van der Waals surface area contributed by atoms with Crippen LogP contribution >= 0.6 is 0 Å². The molecule has 0 bridgehead atoms.